The maximum absolute atomic E-state index is 12.8. The molecule has 33 heavy (non-hydrogen) atoms. The maximum atomic E-state index is 12.8. The minimum atomic E-state index is -4.80. The molecule has 1 amide bonds. The molecule has 1 aliphatic heterocycles. The van der Waals surface area contributed by atoms with E-state index in [1.807, 2.05) is 0 Å². The minimum absolute atomic E-state index is 0.0282. The van der Waals surface area contributed by atoms with Gasteiger partial charge in [-0.3, -0.25) is 9.59 Å². The molecule has 0 aromatic carbocycles. The number of amides is 1. The van der Waals surface area contributed by atoms with Crippen LogP contribution < -0.4 is 15.8 Å². The molecule has 180 valence electrons. The van der Waals surface area contributed by atoms with Gasteiger partial charge in [0.1, 0.15) is 5.56 Å². The highest BCUT2D eigenvalue weighted by molar-refractivity contribution is 5.76. The number of aromatic amines is 1. The SMILES string of the molecule is O=C(CCNCc1cc(C(F)(F)F)c(=O)[nH]n1)N1CCN(c2ncc(C(F)(F)F)cn2)CC1. The number of H-pyrrole nitrogens is 1. The van der Waals surface area contributed by atoms with Crippen LogP contribution in [0.2, 0.25) is 0 Å². The van der Waals surface area contributed by atoms with E-state index >= 15 is 0 Å². The quantitative estimate of drug-likeness (QED) is 0.477. The summed E-state index contributed by atoms with van der Waals surface area (Å²) in [4.78, 5) is 34.3. The zero-order valence-corrected chi connectivity index (χ0v) is 17.0. The minimum Gasteiger partial charge on any atom is -0.339 e. The van der Waals surface area contributed by atoms with E-state index in [0.29, 0.717) is 44.6 Å². The fourth-order valence-electron chi connectivity index (χ4n) is 3.11. The van der Waals surface area contributed by atoms with Crippen LogP contribution in [0.3, 0.4) is 0 Å². The number of hydrogen-bond donors (Lipinski definition) is 2. The molecular formula is C18H19F6N7O2. The first-order valence-electron chi connectivity index (χ1n) is 9.73. The first-order valence-corrected chi connectivity index (χ1v) is 9.73. The van der Waals surface area contributed by atoms with Gasteiger partial charge in [0.2, 0.25) is 11.9 Å². The summed E-state index contributed by atoms with van der Waals surface area (Å²) in [5.41, 5.74) is -3.65. The van der Waals surface area contributed by atoms with Gasteiger partial charge in [-0.1, -0.05) is 0 Å². The summed E-state index contributed by atoms with van der Waals surface area (Å²) in [5.74, 6) is -0.0516. The van der Waals surface area contributed by atoms with Gasteiger partial charge in [-0.15, -0.1) is 0 Å². The lowest BCUT2D eigenvalue weighted by Crippen LogP contribution is -2.49. The van der Waals surface area contributed by atoms with Gasteiger partial charge in [0.05, 0.1) is 11.3 Å². The Labute approximate surface area is 182 Å². The molecule has 2 N–H and O–H groups in total. The molecule has 0 aliphatic carbocycles. The molecule has 0 atom stereocenters. The predicted molar refractivity (Wildman–Crippen MR) is 102 cm³/mol. The number of rotatable bonds is 6. The third kappa shape index (κ3) is 6.40. The second-order valence-electron chi connectivity index (χ2n) is 7.16. The van der Waals surface area contributed by atoms with Crippen LogP contribution >= 0.6 is 0 Å². The van der Waals surface area contributed by atoms with Crippen molar-refractivity contribution < 1.29 is 31.1 Å². The molecule has 15 heteroatoms. The van der Waals surface area contributed by atoms with Gasteiger partial charge in [-0.2, -0.15) is 31.4 Å². The molecule has 0 radical (unpaired) electrons. The number of halogens is 6. The lowest BCUT2D eigenvalue weighted by atomic mass is 10.2. The lowest BCUT2D eigenvalue weighted by molar-refractivity contribution is -0.139. The van der Waals surface area contributed by atoms with Gasteiger partial charge in [0.25, 0.3) is 5.56 Å². The van der Waals surface area contributed by atoms with Crippen molar-refractivity contribution in [1.82, 2.24) is 30.4 Å². The molecule has 1 aliphatic rings. The highest BCUT2D eigenvalue weighted by Gasteiger charge is 2.34. The number of hydrogen-bond acceptors (Lipinski definition) is 7. The van der Waals surface area contributed by atoms with E-state index in [4.69, 9.17) is 0 Å². The van der Waals surface area contributed by atoms with Gasteiger partial charge >= 0.3 is 12.4 Å². The number of carbonyl (C=O) groups excluding carboxylic acids is 1. The first-order chi connectivity index (χ1) is 15.4. The molecule has 9 nitrogen and oxygen atoms in total. The van der Waals surface area contributed by atoms with Gasteiger partial charge in [-0.05, 0) is 6.07 Å². The Morgan fingerprint density at radius 2 is 1.67 bits per heavy atom. The smallest absolute Gasteiger partial charge is 0.339 e. The zero-order valence-electron chi connectivity index (χ0n) is 17.0. The average Bonchev–Trinajstić information content (AvgIpc) is 2.76. The number of alkyl halides is 6. The van der Waals surface area contributed by atoms with Crippen molar-refractivity contribution in [2.45, 2.75) is 25.3 Å². The highest BCUT2D eigenvalue weighted by Crippen LogP contribution is 2.28. The summed E-state index contributed by atoms with van der Waals surface area (Å²) in [6, 6.07) is 0.649. The van der Waals surface area contributed by atoms with Crippen molar-refractivity contribution in [3.8, 4) is 0 Å². The fourth-order valence-corrected chi connectivity index (χ4v) is 3.11. The number of carbonyl (C=O) groups is 1. The van der Waals surface area contributed by atoms with E-state index in [1.54, 1.807) is 14.9 Å². The molecule has 1 saturated heterocycles. The van der Waals surface area contributed by atoms with Crippen molar-refractivity contribution in [3.63, 3.8) is 0 Å². The predicted octanol–water partition coefficient (Wildman–Crippen LogP) is 1.43. The molecule has 0 bridgehead atoms. The van der Waals surface area contributed by atoms with Crippen LogP contribution in [0.1, 0.15) is 23.2 Å². The van der Waals surface area contributed by atoms with E-state index in [9.17, 15) is 35.9 Å². The Bertz CT molecular complexity index is 1010. The van der Waals surface area contributed by atoms with E-state index in [0.717, 1.165) is 0 Å². The van der Waals surface area contributed by atoms with Gasteiger partial charge in [-0.25, -0.2) is 15.1 Å². The summed E-state index contributed by atoms with van der Waals surface area (Å²) in [6.07, 6.45) is -7.83. The van der Waals surface area contributed by atoms with Crippen LogP contribution in [-0.4, -0.2) is 63.7 Å². The van der Waals surface area contributed by atoms with Gasteiger partial charge < -0.3 is 15.1 Å². The third-order valence-corrected chi connectivity index (χ3v) is 4.86. The Morgan fingerprint density at radius 1 is 1.03 bits per heavy atom. The number of aromatic nitrogens is 4. The molecule has 0 spiro atoms. The summed E-state index contributed by atoms with van der Waals surface area (Å²) < 4.78 is 76.1. The van der Waals surface area contributed by atoms with Crippen molar-refractivity contribution in [2.24, 2.45) is 0 Å². The number of piperazine rings is 1. The van der Waals surface area contributed by atoms with E-state index < -0.39 is 29.0 Å². The molecule has 3 rings (SSSR count). The van der Waals surface area contributed by atoms with E-state index in [1.165, 1.54) is 0 Å². The summed E-state index contributed by atoms with van der Waals surface area (Å²) >= 11 is 0. The van der Waals surface area contributed by atoms with Crippen LogP contribution in [0, 0.1) is 0 Å². The van der Waals surface area contributed by atoms with E-state index in [2.05, 4.69) is 20.4 Å². The summed E-state index contributed by atoms with van der Waals surface area (Å²) in [6.45, 7) is 1.41. The second kappa shape index (κ2) is 9.72. The van der Waals surface area contributed by atoms with Crippen LogP contribution in [0.15, 0.2) is 23.3 Å². The Kier molecular flexibility index (Phi) is 7.19. The van der Waals surface area contributed by atoms with Gasteiger partial charge in [0, 0.05) is 58.1 Å². The fraction of sp³-hybridized carbons (Fsp3) is 0.500. The van der Waals surface area contributed by atoms with Crippen molar-refractivity contribution in [3.05, 3.63) is 45.6 Å². The Balaban J connectivity index is 1.42. The molecular weight excluding hydrogens is 460 g/mol. The van der Waals surface area contributed by atoms with Crippen LogP contribution in [0.5, 0.6) is 0 Å². The zero-order chi connectivity index (χ0) is 24.2. The van der Waals surface area contributed by atoms with Crippen molar-refractivity contribution >= 4 is 11.9 Å². The highest BCUT2D eigenvalue weighted by atomic mass is 19.4. The molecule has 0 saturated carbocycles. The molecule has 0 unspecified atom stereocenters. The molecule has 1 fully saturated rings. The van der Waals surface area contributed by atoms with Crippen molar-refractivity contribution in [1.29, 1.82) is 0 Å². The molecule has 3 heterocycles. The Morgan fingerprint density at radius 3 is 2.24 bits per heavy atom. The number of nitrogens with zero attached hydrogens (tertiary/aromatic N) is 5. The first kappa shape index (κ1) is 24.4. The maximum Gasteiger partial charge on any atom is 0.421 e. The lowest BCUT2D eigenvalue weighted by Gasteiger charge is -2.34. The number of anilines is 1. The van der Waals surface area contributed by atoms with Crippen molar-refractivity contribution in [2.75, 3.05) is 37.6 Å². The second-order valence-corrected chi connectivity index (χ2v) is 7.16. The Hall–Kier alpha value is -3.23. The number of nitrogens with one attached hydrogen (secondary N) is 2. The monoisotopic (exact) mass is 479 g/mol. The standard InChI is InChI=1S/C18H19F6N7O2/c19-17(20,21)11-8-26-16(27-9-11)31-5-3-30(4-6-31)14(32)1-2-25-10-12-7-13(18(22,23)24)15(33)29-28-12/h7-9,25H,1-6,10H2,(H,29,33). The van der Waals surface area contributed by atoms with E-state index in [-0.39, 0.29) is 37.1 Å². The topological polar surface area (TPSA) is 107 Å². The van der Waals surface area contributed by atoms with Crippen LogP contribution in [0.25, 0.3) is 0 Å². The molecule has 2 aromatic heterocycles. The largest absolute Gasteiger partial charge is 0.421 e. The van der Waals surface area contributed by atoms with Crippen LogP contribution in [-0.2, 0) is 23.7 Å². The van der Waals surface area contributed by atoms with Gasteiger partial charge in [0.15, 0.2) is 0 Å². The summed E-state index contributed by atoms with van der Waals surface area (Å²) in [5, 5.41) is 8.13. The summed E-state index contributed by atoms with van der Waals surface area (Å²) in [7, 11) is 0. The third-order valence-electron chi connectivity index (χ3n) is 4.86. The molecule has 2 aromatic rings. The van der Waals surface area contributed by atoms with Crippen LogP contribution in [0.4, 0.5) is 32.3 Å². The average molecular weight is 479 g/mol. The normalized spacial score (nSPS) is 15.1.